The van der Waals surface area contributed by atoms with Gasteiger partial charge in [-0.25, -0.2) is 19.2 Å². The largest absolute Gasteiger partial charge is 1.00 e. The van der Waals surface area contributed by atoms with Crippen molar-refractivity contribution in [2.24, 2.45) is 0 Å². The molecule has 3 N–H and O–H groups in total. The summed E-state index contributed by atoms with van der Waals surface area (Å²) in [5.41, 5.74) is 0.610. The van der Waals surface area contributed by atoms with Crippen LogP contribution in [0.5, 0.6) is 0 Å². The van der Waals surface area contributed by atoms with E-state index in [1.54, 1.807) is 20.8 Å². The molecule has 0 heterocycles. The number of halogens is 2. The van der Waals surface area contributed by atoms with Crippen molar-refractivity contribution in [2.45, 2.75) is 98.6 Å². The quantitative estimate of drug-likeness (QED) is 0.0801. The first-order valence-corrected chi connectivity index (χ1v) is 22.4. The van der Waals surface area contributed by atoms with E-state index in [-0.39, 0.29) is 82.7 Å². The Morgan fingerprint density at radius 3 is 1.20 bits per heavy atom. The SMILES string of the molecule is C=C(CO)C(=O)OCC.C=C(CO[Si](C)(C)C(C)(C)C)C(=O)O.C=C(CO[Si](C)(C)C(C)(C)C)C(=O)OCC.C=CC(=O)OCC.ClCCl.[Li+].[OH-]. The van der Waals surface area contributed by atoms with Gasteiger partial charge in [0.05, 0.1) is 61.7 Å². The maximum Gasteiger partial charge on any atom is 1.00 e. The van der Waals surface area contributed by atoms with Crippen LogP contribution in [0.2, 0.25) is 36.3 Å². The van der Waals surface area contributed by atoms with Gasteiger partial charge in [-0.2, -0.15) is 0 Å². The van der Waals surface area contributed by atoms with Crippen molar-refractivity contribution in [3.63, 3.8) is 0 Å². The number of carbonyl (C=O) groups excluding carboxylic acids is 3. The molecule has 0 fully saturated rings. The second-order valence-electron chi connectivity index (χ2n) is 12.9. The Labute approximate surface area is 331 Å². The van der Waals surface area contributed by atoms with Crippen LogP contribution in [0.25, 0.3) is 0 Å². The molecular weight excluding hydrogens is 734 g/mol. The predicted octanol–water partition coefficient (Wildman–Crippen LogP) is 4.86. The van der Waals surface area contributed by atoms with Crippen LogP contribution in [0.1, 0.15) is 62.3 Å². The average molecular weight is 800 g/mol. The Morgan fingerprint density at radius 2 is 0.980 bits per heavy atom. The van der Waals surface area contributed by atoms with Crippen molar-refractivity contribution in [1.29, 1.82) is 0 Å². The van der Waals surface area contributed by atoms with E-state index in [0.717, 1.165) is 6.08 Å². The smallest absolute Gasteiger partial charge is 0.870 e. The first kappa shape index (κ1) is 64.3. The summed E-state index contributed by atoms with van der Waals surface area (Å²) < 4.78 is 25.3. The molecule has 17 heteroatoms. The standard InChI is InChI=1S/C12H24O3Si.C10H20O3Si.C6H10O3.C5H8O2.CH2Cl2.Li.H2O/c1-8-14-11(13)10(2)9-15-16(6,7)12(3,4)5;1-8(9(11)12)7-13-14(5,6)10(2,3)4;1-3-9-6(8)5(2)4-7;1-3-5(6)7-4-2;2-1-3;;/h2,8-9H2,1,3-7H3;1,7H2,2-6H3,(H,11,12);7H,2-4H2,1H3;3H,1,4H2,2H3;1H2;;1H2/q;;;;;+1;/p-1. The van der Waals surface area contributed by atoms with E-state index in [4.69, 9.17) is 47.0 Å². The fraction of sp³-hybridized carbons (Fsp3) is 0.647. The molecule has 0 aliphatic heterocycles. The van der Waals surface area contributed by atoms with E-state index in [0.29, 0.717) is 25.4 Å². The predicted molar refractivity (Wildman–Crippen MR) is 207 cm³/mol. The maximum absolute atomic E-state index is 11.3. The molecule has 0 bridgehead atoms. The topological polar surface area (TPSA) is 185 Å². The number of alkyl halides is 2. The van der Waals surface area contributed by atoms with Crippen LogP contribution in [0, 0.1) is 0 Å². The van der Waals surface area contributed by atoms with Crippen molar-refractivity contribution >= 4 is 63.7 Å². The van der Waals surface area contributed by atoms with E-state index in [9.17, 15) is 19.2 Å². The van der Waals surface area contributed by atoms with Gasteiger partial charge in [0.15, 0.2) is 16.6 Å². The first-order valence-electron chi connectivity index (χ1n) is 15.5. The zero-order chi connectivity index (χ0) is 40.2. The molecular formula is C34H65Cl2LiO12Si2. The number of carbonyl (C=O) groups is 4. The summed E-state index contributed by atoms with van der Waals surface area (Å²) in [6, 6.07) is 0. The Hall–Kier alpha value is -1.71. The fourth-order valence-corrected chi connectivity index (χ4v) is 3.76. The number of hydrogen-bond donors (Lipinski definition) is 2. The number of aliphatic hydroxyl groups is 1. The summed E-state index contributed by atoms with van der Waals surface area (Å²) in [5.74, 6) is -2.23. The molecule has 0 amide bonds. The van der Waals surface area contributed by atoms with Gasteiger partial charge >= 0.3 is 42.7 Å². The Morgan fingerprint density at radius 1 is 0.686 bits per heavy atom. The molecule has 0 aliphatic rings. The Bertz CT molecular complexity index is 1040. The monoisotopic (exact) mass is 798 g/mol. The van der Waals surface area contributed by atoms with Gasteiger partial charge in [-0.3, -0.25) is 0 Å². The number of rotatable bonds is 14. The number of carboxylic acid groups (broad SMARTS) is 1. The van der Waals surface area contributed by atoms with Crippen LogP contribution in [0.4, 0.5) is 0 Å². The summed E-state index contributed by atoms with van der Waals surface area (Å²) in [4.78, 5) is 42.4. The molecule has 0 aromatic heterocycles. The molecule has 296 valence electrons. The van der Waals surface area contributed by atoms with E-state index in [2.05, 4.69) is 104 Å². The Balaban J connectivity index is -0.000000101. The third-order valence-corrected chi connectivity index (χ3v) is 15.9. The molecule has 0 saturated carbocycles. The van der Waals surface area contributed by atoms with Crippen molar-refractivity contribution in [3.8, 4) is 0 Å². The molecule has 0 aromatic rings. The molecule has 0 saturated heterocycles. The number of esters is 3. The molecule has 12 nitrogen and oxygen atoms in total. The van der Waals surface area contributed by atoms with Crippen LogP contribution >= 0.6 is 23.2 Å². The molecule has 0 unspecified atom stereocenters. The maximum atomic E-state index is 11.3. The molecule has 51 heavy (non-hydrogen) atoms. The molecule has 0 aliphatic carbocycles. The van der Waals surface area contributed by atoms with Crippen molar-refractivity contribution in [2.75, 3.05) is 45.0 Å². The zero-order valence-electron chi connectivity index (χ0n) is 33.6. The molecule has 0 spiro atoms. The van der Waals surface area contributed by atoms with Crippen LogP contribution < -0.4 is 18.9 Å². The van der Waals surface area contributed by atoms with Gasteiger partial charge in [0.25, 0.3) is 0 Å². The first-order chi connectivity index (χ1) is 22.1. The summed E-state index contributed by atoms with van der Waals surface area (Å²) >= 11 is 9.53. The third kappa shape index (κ3) is 36.4. The average Bonchev–Trinajstić information content (AvgIpc) is 2.98. The van der Waals surface area contributed by atoms with Crippen molar-refractivity contribution in [1.82, 2.24) is 0 Å². The van der Waals surface area contributed by atoms with Crippen LogP contribution in [-0.4, -0.2) is 101 Å². The van der Waals surface area contributed by atoms with Gasteiger partial charge < -0.3 is 38.8 Å². The number of aliphatic hydroxyl groups excluding tert-OH is 1. The van der Waals surface area contributed by atoms with Gasteiger partial charge in [-0.1, -0.05) is 67.9 Å². The minimum atomic E-state index is -1.84. The summed E-state index contributed by atoms with van der Waals surface area (Å²) in [6.45, 7) is 41.3. The van der Waals surface area contributed by atoms with Gasteiger partial charge in [0.2, 0.25) is 0 Å². The van der Waals surface area contributed by atoms with Crippen molar-refractivity contribution < 1.29 is 76.8 Å². The Kier molecular flexibility index (Phi) is 43.0. The van der Waals surface area contributed by atoms with Crippen molar-refractivity contribution in [3.05, 3.63) is 49.1 Å². The van der Waals surface area contributed by atoms with Gasteiger partial charge in [0.1, 0.15) is 0 Å². The normalized spacial score (nSPS) is 10.3. The van der Waals surface area contributed by atoms with E-state index < -0.39 is 28.6 Å². The second kappa shape index (κ2) is 34.1. The van der Waals surface area contributed by atoms with E-state index in [1.165, 1.54) is 0 Å². The third-order valence-electron chi connectivity index (χ3n) is 6.90. The molecule has 0 aromatic carbocycles. The van der Waals surface area contributed by atoms with E-state index in [1.807, 2.05) is 0 Å². The number of hydrogen-bond acceptors (Lipinski definition) is 11. The fourth-order valence-electron chi connectivity index (χ4n) is 1.82. The van der Waals surface area contributed by atoms with Gasteiger partial charge in [0, 0.05) is 6.08 Å². The van der Waals surface area contributed by atoms with E-state index >= 15 is 0 Å². The molecule has 0 atom stereocenters. The number of aliphatic carboxylic acids is 1. The summed E-state index contributed by atoms with van der Waals surface area (Å²) in [5, 5.41) is 17.4. The van der Waals surface area contributed by atoms with Crippen LogP contribution in [-0.2, 0) is 42.2 Å². The second-order valence-corrected chi connectivity index (χ2v) is 23.3. The summed E-state index contributed by atoms with van der Waals surface area (Å²) in [7, 11) is -3.64. The van der Waals surface area contributed by atoms with Gasteiger partial charge in [-0.05, 0) is 57.0 Å². The minimum Gasteiger partial charge on any atom is -0.870 e. The summed E-state index contributed by atoms with van der Waals surface area (Å²) in [6.07, 6.45) is 1.14. The van der Waals surface area contributed by atoms with Crippen LogP contribution in [0.3, 0.4) is 0 Å². The number of ether oxygens (including phenoxy) is 3. The van der Waals surface area contributed by atoms with Gasteiger partial charge in [-0.15, -0.1) is 23.2 Å². The zero-order valence-corrected chi connectivity index (χ0v) is 37.1. The van der Waals surface area contributed by atoms with Crippen LogP contribution in [0.15, 0.2) is 49.1 Å². The molecule has 0 rings (SSSR count). The minimum absolute atomic E-state index is 0. The number of carboxylic acids is 1. The molecule has 0 radical (unpaired) electrons.